The van der Waals surface area contributed by atoms with E-state index in [4.69, 9.17) is 14.4 Å². The van der Waals surface area contributed by atoms with Crippen LogP contribution >= 0.6 is 8.25 Å². The quantitative estimate of drug-likeness (QED) is 0.568. The Balaban J connectivity index is -0.0000000720. The first-order valence-corrected chi connectivity index (χ1v) is 3.87. The van der Waals surface area contributed by atoms with E-state index in [-0.39, 0.29) is 4.70 Å². The standard InChI is InChI=1S/C4H10.FH.H3O3P/c1-3-4-2;;1-4(2)3/h3-4H2,1-2H3;1H;4H,(H2,1,2,3). The SMILES string of the molecule is CCCC.F.O=[PH](O)O. The average molecular weight is 160 g/mol. The molecule has 0 radical (unpaired) electrons. The van der Waals surface area contributed by atoms with Gasteiger partial charge in [0.1, 0.15) is 0 Å². The van der Waals surface area contributed by atoms with Crippen LogP contribution in [0.1, 0.15) is 26.7 Å². The largest absolute Gasteiger partial charge is 0.326 e. The van der Waals surface area contributed by atoms with E-state index in [2.05, 4.69) is 13.8 Å². The normalized spacial score (nSPS) is 7.22. The second kappa shape index (κ2) is 15.7. The Labute approximate surface area is 55.0 Å². The predicted molar refractivity (Wildman–Crippen MR) is 36.5 cm³/mol. The maximum atomic E-state index is 8.74. The Kier molecular flexibility index (Phi) is 28.0. The number of unbranched alkanes of at least 4 members (excludes halogenated alkanes) is 1. The fourth-order valence-electron chi connectivity index (χ4n) is 0. The summed E-state index contributed by atoms with van der Waals surface area (Å²) in [5.41, 5.74) is 0. The summed E-state index contributed by atoms with van der Waals surface area (Å²) < 4.78 is 8.74. The minimum atomic E-state index is -3.13. The lowest BCUT2D eigenvalue weighted by molar-refractivity contribution is 0.405. The third-order valence-corrected chi connectivity index (χ3v) is 0.500. The minimum absolute atomic E-state index is 0. The predicted octanol–water partition coefficient (Wildman–Crippen LogP) is 1.32. The molecule has 0 heterocycles. The highest BCUT2D eigenvalue weighted by atomic mass is 31.1. The molecule has 0 rings (SSSR count). The minimum Gasteiger partial charge on any atom is -0.326 e. The highest BCUT2D eigenvalue weighted by molar-refractivity contribution is 7.30. The smallest absolute Gasteiger partial charge is 0.314 e. The van der Waals surface area contributed by atoms with Crippen LogP contribution in [0.3, 0.4) is 0 Å². The van der Waals surface area contributed by atoms with Crippen LogP contribution < -0.4 is 0 Å². The van der Waals surface area contributed by atoms with Crippen molar-refractivity contribution in [3.05, 3.63) is 0 Å². The van der Waals surface area contributed by atoms with Crippen molar-refractivity contribution < 1.29 is 19.1 Å². The van der Waals surface area contributed by atoms with Gasteiger partial charge in [-0.15, -0.1) is 0 Å². The first-order chi connectivity index (χ1) is 3.65. The van der Waals surface area contributed by atoms with Gasteiger partial charge in [0.05, 0.1) is 0 Å². The van der Waals surface area contributed by atoms with Gasteiger partial charge >= 0.3 is 8.25 Å². The molecular weight excluding hydrogens is 146 g/mol. The van der Waals surface area contributed by atoms with E-state index in [0.717, 1.165) is 0 Å². The van der Waals surface area contributed by atoms with Crippen molar-refractivity contribution in [1.82, 2.24) is 0 Å². The summed E-state index contributed by atoms with van der Waals surface area (Å²) in [7, 11) is -3.13. The first kappa shape index (κ1) is 16.0. The summed E-state index contributed by atoms with van der Waals surface area (Å²) in [6.45, 7) is 4.36. The highest BCUT2D eigenvalue weighted by Crippen LogP contribution is 1.98. The maximum Gasteiger partial charge on any atom is 0.314 e. The van der Waals surface area contributed by atoms with Crippen LogP contribution in [0.5, 0.6) is 0 Å². The molecule has 0 spiro atoms. The van der Waals surface area contributed by atoms with E-state index in [9.17, 15) is 0 Å². The third-order valence-electron chi connectivity index (χ3n) is 0.500. The zero-order valence-corrected chi connectivity index (χ0v) is 6.63. The van der Waals surface area contributed by atoms with Crippen molar-refractivity contribution in [1.29, 1.82) is 0 Å². The van der Waals surface area contributed by atoms with Crippen LogP contribution in [-0.4, -0.2) is 9.79 Å². The fraction of sp³-hybridized carbons (Fsp3) is 1.00. The zero-order valence-electron chi connectivity index (χ0n) is 5.63. The Bertz CT molecular complexity index is 53.8. The summed E-state index contributed by atoms with van der Waals surface area (Å²) in [4.78, 5) is 14.3. The van der Waals surface area contributed by atoms with Crippen molar-refractivity contribution in [2.24, 2.45) is 0 Å². The summed E-state index contributed by atoms with van der Waals surface area (Å²) in [6, 6.07) is 0. The van der Waals surface area contributed by atoms with E-state index in [1.54, 1.807) is 0 Å². The van der Waals surface area contributed by atoms with Gasteiger partial charge in [-0.3, -0.25) is 9.27 Å². The molecule has 0 aromatic heterocycles. The number of hydrogen-bond acceptors (Lipinski definition) is 1. The molecule has 0 saturated carbocycles. The second-order valence-electron chi connectivity index (χ2n) is 1.28. The fourth-order valence-corrected chi connectivity index (χ4v) is 0. The Morgan fingerprint density at radius 1 is 1.22 bits per heavy atom. The Morgan fingerprint density at radius 2 is 1.33 bits per heavy atom. The topological polar surface area (TPSA) is 57.5 Å². The molecule has 0 aliphatic carbocycles. The van der Waals surface area contributed by atoms with Gasteiger partial charge in [-0.2, -0.15) is 0 Å². The monoisotopic (exact) mass is 160 g/mol. The van der Waals surface area contributed by atoms with Gasteiger partial charge in [0, 0.05) is 0 Å². The van der Waals surface area contributed by atoms with E-state index < -0.39 is 8.25 Å². The zero-order chi connectivity index (χ0) is 6.99. The molecule has 0 aliphatic rings. The van der Waals surface area contributed by atoms with Crippen LogP contribution in [0.15, 0.2) is 0 Å². The molecular formula is C4H14FO3P. The van der Waals surface area contributed by atoms with Crippen molar-refractivity contribution in [3.63, 3.8) is 0 Å². The van der Waals surface area contributed by atoms with Crippen molar-refractivity contribution in [2.45, 2.75) is 26.7 Å². The van der Waals surface area contributed by atoms with E-state index >= 15 is 0 Å². The summed E-state index contributed by atoms with van der Waals surface area (Å²) in [6.07, 6.45) is 2.64. The summed E-state index contributed by atoms with van der Waals surface area (Å²) in [5.74, 6) is 0. The molecule has 0 unspecified atom stereocenters. The molecule has 9 heavy (non-hydrogen) atoms. The molecule has 3 nitrogen and oxygen atoms in total. The molecule has 0 aromatic rings. The van der Waals surface area contributed by atoms with Crippen LogP contribution in [0, 0.1) is 0 Å². The molecule has 0 saturated heterocycles. The van der Waals surface area contributed by atoms with E-state index in [1.807, 2.05) is 0 Å². The molecule has 60 valence electrons. The van der Waals surface area contributed by atoms with Gasteiger partial charge < -0.3 is 9.79 Å². The third kappa shape index (κ3) is 256. The number of halogens is 1. The number of hydrogen-bond donors (Lipinski definition) is 2. The van der Waals surface area contributed by atoms with Gasteiger partial charge in [-0.1, -0.05) is 26.7 Å². The van der Waals surface area contributed by atoms with Gasteiger partial charge in [0.25, 0.3) is 0 Å². The van der Waals surface area contributed by atoms with Crippen LogP contribution in [0.4, 0.5) is 4.70 Å². The van der Waals surface area contributed by atoms with Crippen molar-refractivity contribution >= 4 is 8.25 Å². The molecule has 0 aromatic carbocycles. The molecule has 0 aliphatic heterocycles. The van der Waals surface area contributed by atoms with E-state index in [0.29, 0.717) is 0 Å². The van der Waals surface area contributed by atoms with E-state index in [1.165, 1.54) is 12.8 Å². The molecule has 5 heteroatoms. The second-order valence-corrected chi connectivity index (χ2v) is 1.85. The van der Waals surface area contributed by atoms with Gasteiger partial charge in [-0.25, -0.2) is 0 Å². The summed E-state index contributed by atoms with van der Waals surface area (Å²) >= 11 is 0. The van der Waals surface area contributed by atoms with Crippen LogP contribution in [0.25, 0.3) is 0 Å². The lowest BCUT2D eigenvalue weighted by Gasteiger charge is -1.68. The highest BCUT2D eigenvalue weighted by Gasteiger charge is 1.61. The van der Waals surface area contributed by atoms with Crippen molar-refractivity contribution in [2.75, 3.05) is 0 Å². The maximum absolute atomic E-state index is 8.74. The Morgan fingerprint density at radius 3 is 1.33 bits per heavy atom. The van der Waals surface area contributed by atoms with Gasteiger partial charge in [0.2, 0.25) is 0 Å². The average Bonchev–Trinajstić information content (AvgIpc) is 1.65. The van der Waals surface area contributed by atoms with Gasteiger partial charge in [0.15, 0.2) is 0 Å². The van der Waals surface area contributed by atoms with Crippen LogP contribution in [-0.2, 0) is 4.57 Å². The lowest BCUT2D eigenvalue weighted by Crippen LogP contribution is -1.47. The lowest BCUT2D eigenvalue weighted by atomic mass is 10.4. The van der Waals surface area contributed by atoms with Gasteiger partial charge in [-0.05, 0) is 0 Å². The molecule has 0 atom stereocenters. The molecule has 0 fully saturated rings. The first-order valence-electron chi connectivity index (χ1n) is 2.57. The van der Waals surface area contributed by atoms with Crippen LogP contribution in [0.2, 0.25) is 0 Å². The molecule has 2 N–H and O–H groups in total. The molecule has 0 bridgehead atoms. The number of rotatable bonds is 1. The molecule has 0 amide bonds. The Hall–Kier alpha value is 0.0800. The van der Waals surface area contributed by atoms with Crippen molar-refractivity contribution in [3.8, 4) is 0 Å². The summed E-state index contributed by atoms with van der Waals surface area (Å²) in [5, 5.41) is 0.